The van der Waals surface area contributed by atoms with E-state index in [1.807, 2.05) is 24.3 Å². The molecule has 0 atom stereocenters. The van der Waals surface area contributed by atoms with Crippen molar-refractivity contribution in [2.75, 3.05) is 12.0 Å². The molecule has 23 heavy (non-hydrogen) atoms. The van der Waals surface area contributed by atoms with Crippen molar-refractivity contribution >= 4 is 29.2 Å². The summed E-state index contributed by atoms with van der Waals surface area (Å²) in [6.45, 7) is -0.360. The van der Waals surface area contributed by atoms with Gasteiger partial charge in [-0.25, -0.2) is 15.2 Å². The van der Waals surface area contributed by atoms with Gasteiger partial charge in [0.1, 0.15) is 5.75 Å². The normalized spacial score (nSPS) is 11.0. The number of anilines is 1. The third kappa shape index (κ3) is 3.85. The lowest BCUT2D eigenvalue weighted by Gasteiger charge is -2.02. The molecule has 0 unspecified atom stereocenters. The van der Waals surface area contributed by atoms with Crippen LogP contribution in [0.15, 0.2) is 53.6 Å². The number of nitrogens with one attached hydrogen (secondary N) is 2. The Morgan fingerprint density at radius 2 is 2.04 bits per heavy atom. The molecule has 0 bridgehead atoms. The second-order valence-electron chi connectivity index (χ2n) is 4.72. The number of ether oxygens (including phenoxy) is 1. The Morgan fingerprint density at radius 3 is 2.78 bits per heavy atom. The first kappa shape index (κ1) is 14.6. The molecule has 0 aliphatic rings. The molecule has 7 nitrogen and oxygen atoms in total. The first-order valence-electron chi connectivity index (χ1n) is 6.89. The second-order valence-corrected chi connectivity index (χ2v) is 4.72. The molecule has 3 aromatic rings. The number of nitrogens with zero attached hydrogens (tertiary/aromatic N) is 2. The van der Waals surface area contributed by atoms with Crippen molar-refractivity contribution in [2.24, 2.45) is 5.10 Å². The smallest absolute Gasteiger partial charge is 0.341 e. The van der Waals surface area contributed by atoms with Gasteiger partial charge in [0.2, 0.25) is 5.95 Å². The van der Waals surface area contributed by atoms with E-state index in [0.29, 0.717) is 11.7 Å². The van der Waals surface area contributed by atoms with Crippen LogP contribution in [0, 0.1) is 0 Å². The highest BCUT2D eigenvalue weighted by Gasteiger charge is 2.00. The van der Waals surface area contributed by atoms with E-state index in [1.54, 1.807) is 30.5 Å². The average molecular weight is 310 g/mol. The maximum absolute atomic E-state index is 10.4. The predicted octanol–water partition coefficient (Wildman–Crippen LogP) is 2.47. The molecule has 0 saturated carbocycles. The number of benzene rings is 2. The molecule has 0 spiro atoms. The Balaban J connectivity index is 1.60. The zero-order chi connectivity index (χ0) is 16.1. The first-order valence-corrected chi connectivity index (χ1v) is 6.89. The maximum atomic E-state index is 10.4. The minimum Gasteiger partial charge on any atom is -0.482 e. The molecule has 0 aliphatic heterocycles. The number of hydrazone groups is 1. The van der Waals surface area contributed by atoms with E-state index in [-0.39, 0.29) is 6.61 Å². The molecule has 1 heterocycles. The van der Waals surface area contributed by atoms with Crippen LogP contribution in [-0.4, -0.2) is 33.9 Å². The lowest BCUT2D eigenvalue weighted by molar-refractivity contribution is -0.139. The summed E-state index contributed by atoms with van der Waals surface area (Å²) in [6.07, 6.45) is 1.63. The Hall–Kier alpha value is -3.35. The fourth-order valence-electron chi connectivity index (χ4n) is 1.97. The van der Waals surface area contributed by atoms with Crippen molar-refractivity contribution in [1.82, 2.24) is 9.97 Å². The largest absolute Gasteiger partial charge is 0.482 e. The minimum absolute atomic E-state index is 0.360. The van der Waals surface area contributed by atoms with Crippen molar-refractivity contribution in [3.8, 4) is 5.75 Å². The summed E-state index contributed by atoms with van der Waals surface area (Å²) in [5.74, 6) is 0.0457. The van der Waals surface area contributed by atoms with Crippen LogP contribution < -0.4 is 10.2 Å². The highest BCUT2D eigenvalue weighted by molar-refractivity contribution is 5.81. The number of fused-ring (bicyclic) bond motifs is 1. The van der Waals surface area contributed by atoms with Gasteiger partial charge in [0.05, 0.1) is 17.2 Å². The van der Waals surface area contributed by atoms with Gasteiger partial charge in [0.25, 0.3) is 0 Å². The zero-order valence-electron chi connectivity index (χ0n) is 12.1. The number of H-pyrrole nitrogens is 1. The van der Waals surface area contributed by atoms with Crippen LogP contribution in [0.3, 0.4) is 0 Å². The monoisotopic (exact) mass is 310 g/mol. The third-order valence-corrected chi connectivity index (χ3v) is 3.02. The van der Waals surface area contributed by atoms with Crippen molar-refractivity contribution in [1.29, 1.82) is 0 Å². The molecule has 0 saturated heterocycles. The van der Waals surface area contributed by atoms with Crippen molar-refractivity contribution in [2.45, 2.75) is 0 Å². The molecular formula is C16H14N4O3. The summed E-state index contributed by atoms with van der Waals surface area (Å²) in [5, 5.41) is 12.7. The van der Waals surface area contributed by atoms with Gasteiger partial charge < -0.3 is 14.8 Å². The van der Waals surface area contributed by atoms with Crippen LogP contribution >= 0.6 is 0 Å². The average Bonchev–Trinajstić information content (AvgIpc) is 2.97. The lowest BCUT2D eigenvalue weighted by Crippen LogP contribution is -2.09. The number of aromatic nitrogens is 2. The number of aliphatic carboxylic acids is 1. The fraction of sp³-hybridized carbons (Fsp3) is 0.0625. The van der Waals surface area contributed by atoms with Crippen LogP contribution in [0.25, 0.3) is 11.0 Å². The van der Waals surface area contributed by atoms with E-state index < -0.39 is 5.97 Å². The summed E-state index contributed by atoms with van der Waals surface area (Å²) >= 11 is 0. The molecule has 0 aliphatic carbocycles. The topological polar surface area (TPSA) is 99.6 Å². The molecule has 116 valence electrons. The number of aromatic amines is 1. The number of carboxylic acid groups (broad SMARTS) is 1. The van der Waals surface area contributed by atoms with Crippen LogP contribution in [0.4, 0.5) is 5.95 Å². The highest BCUT2D eigenvalue weighted by Crippen LogP contribution is 2.13. The molecule has 0 radical (unpaired) electrons. The number of para-hydroxylation sites is 2. The minimum atomic E-state index is -1.01. The highest BCUT2D eigenvalue weighted by atomic mass is 16.5. The van der Waals surface area contributed by atoms with Crippen LogP contribution in [0.2, 0.25) is 0 Å². The molecule has 7 heteroatoms. The van der Waals surface area contributed by atoms with E-state index in [2.05, 4.69) is 20.5 Å². The second kappa shape index (κ2) is 6.61. The number of hydrogen-bond donors (Lipinski definition) is 3. The van der Waals surface area contributed by atoms with Gasteiger partial charge in [-0.1, -0.05) is 12.1 Å². The van der Waals surface area contributed by atoms with Crippen molar-refractivity contribution in [3.63, 3.8) is 0 Å². The Labute approximate surface area is 131 Å². The van der Waals surface area contributed by atoms with Crippen LogP contribution in [0.1, 0.15) is 5.56 Å². The summed E-state index contributed by atoms with van der Waals surface area (Å²) in [5.41, 5.74) is 5.48. The summed E-state index contributed by atoms with van der Waals surface area (Å²) in [4.78, 5) is 17.9. The van der Waals surface area contributed by atoms with Gasteiger partial charge in [0, 0.05) is 0 Å². The van der Waals surface area contributed by atoms with E-state index in [0.717, 1.165) is 16.6 Å². The summed E-state index contributed by atoms with van der Waals surface area (Å²) < 4.78 is 5.06. The van der Waals surface area contributed by atoms with Gasteiger partial charge in [-0.2, -0.15) is 5.10 Å². The number of carbonyl (C=O) groups is 1. The molecule has 3 N–H and O–H groups in total. The molecule has 2 aromatic carbocycles. The van der Waals surface area contributed by atoms with Crippen LogP contribution in [-0.2, 0) is 4.79 Å². The standard InChI is InChI=1S/C16H14N4O3/c21-15(22)10-23-12-7-5-11(6-8-12)9-17-20-16-18-13-3-1-2-4-14(13)19-16/h1-9H,10H2,(H,21,22)(H2,18,19,20)/b17-9+. The van der Waals surface area contributed by atoms with Gasteiger partial charge in [-0.3, -0.25) is 0 Å². The summed E-state index contributed by atoms with van der Waals surface area (Å²) in [6, 6.07) is 14.6. The van der Waals surface area contributed by atoms with Gasteiger partial charge in [-0.05, 0) is 42.0 Å². The van der Waals surface area contributed by atoms with E-state index in [4.69, 9.17) is 9.84 Å². The summed E-state index contributed by atoms with van der Waals surface area (Å²) in [7, 11) is 0. The van der Waals surface area contributed by atoms with Gasteiger partial charge in [-0.15, -0.1) is 0 Å². The fourth-order valence-corrected chi connectivity index (χ4v) is 1.97. The predicted molar refractivity (Wildman–Crippen MR) is 86.9 cm³/mol. The molecule has 0 amide bonds. The molecule has 1 aromatic heterocycles. The zero-order valence-corrected chi connectivity index (χ0v) is 12.1. The van der Waals surface area contributed by atoms with E-state index >= 15 is 0 Å². The number of hydrogen-bond acceptors (Lipinski definition) is 5. The number of carboxylic acids is 1. The number of rotatable bonds is 6. The Bertz CT molecular complexity index is 807. The van der Waals surface area contributed by atoms with E-state index in [9.17, 15) is 4.79 Å². The third-order valence-electron chi connectivity index (χ3n) is 3.02. The maximum Gasteiger partial charge on any atom is 0.341 e. The molecular weight excluding hydrogens is 296 g/mol. The van der Waals surface area contributed by atoms with Crippen LogP contribution in [0.5, 0.6) is 5.75 Å². The lowest BCUT2D eigenvalue weighted by atomic mass is 10.2. The van der Waals surface area contributed by atoms with Gasteiger partial charge >= 0.3 is 5.97 Å². The Morgan fingerprint density at radius 1 is 1.26 bits per heavy atom. The SMILES string of the molecule is O=C(O)COc1ccc(/C=N/Nc2nc3ccccc3[nH]2)cc1. The van der Waals surface area contributed by atoms with E-state index in [1.165, 1.54) is 0 Å². The number of imidazole rings is 1. The Kier molecular flexibility index (Phi) is 4.19. The molecule has 0 fully saturated rings. The quantitative estimate of drug-likeness (QED) is 0.480. The van der Waals surface area contributed by atoms with Crippen molar-refractivity contribution < 1.29 is 14.6 Å². The first-order chi connectivity index (χ1) is 11.2. The van der Waals surface area contributed by atoms with Gasteiger partial charge in [0.15, 0.2) is 6.61 Å². The van der Waals surface area contributed by atoms with Crippen molar-refractivity contribution in [3.05, 3.63) is 54.1 Å². The molecule has 3 rings (SSSR count).